The zero-order valence-corrected chi connectivity index (χ0v) is 13.2. The van der Waals surface area contributed by atoms with Gasteiger partial charge in [0.2, 0.25) is 0 Å². The predicted molar refractivity (Wildman–Crippen MR) is 84.2 cm³/mol. The van der Waals surface area contributed by atoms with Gasteiger partial charge in [-0.1, -0.05) is 13.8 Å². The highest BCUT2D eigenvalue weighted by Crippen LogP contribution is 2.20. The van der Waals surface area contributed by atoms with Crippen LogP contribution in [0.15, 0.2) is 35.2 Å². The summed E-state index contributed by atoms with van der Waals surface area (Å²) in [6, 6.07) is 3.92. The summed E-state index contributed by atoms with van der Waals surface area (Å²) in [6.07, 6.45) is 6.68. The maximum absolute atomic E-state index is 5.58. The molecule has 0 spiro atoms. The van der Waals surface area contributed by atoms with E-state index in [1.807, 2.05) is 36.1 Å². The molecule has 0 radical (unpaired) electrons. The summed E-state index contributed by atoms with van der Waals surface area (Å²) < 4.78 is 7.61. The molecule has 0 saturated carbocycles. The molecule has 1 atom stereocenters. The van der Waals surface area contributed by atoms with Gasteiger partial charge in [0.15, 0.2) is 0 Å². The van der Waals surface area contributed by atoms with Gasteiger partial charge in [0.05, 0.1) is 6.26 Å². The van der Waals surface area contributed by atoms with Gasteiger partial charge in [-0.2, -0.15) is 0 Å². The SMILES string of the molecule is CCCN(CC)CCNC(c1ccco1)c1nccn1C. The molecule has 0 fully saturated rings. The van der Waals surface area contributed by atoms with E-state index in [4.69, 9.17) is 4.42 Å². The molecule has 0 aliphatic heterocycles. The van der Waals surface area contributed by atoms with Crippen molar-refractivity contribution >= 4 is 0 Å². The highest BCUT2D eigenvalue weighted by molar-refractivity contribution is 5.15. The summed E-state index contributed by atoms with van der Waals surface area (Å²) in [5.74, 6) is 1.88. The van der Waals surface area contributed by atoms with Crippen molar-refractivity contribution in [2.75, 3.05) is 26.2 Å². The van der Waals surface area contributed by atoms with Crippen LogP contribution in [-0.4, -0.2) is 40.6 Å². The Kier molecular flexibility index (Phi) is 6.02. The highest BCUT2D eigenvalue weighted by Gasteiger charge is 2.20. The van der Waals surface area contributed by atoms with Crippen molar-refractivity contribution in [2.24, 2.45) is 7.05 Å². The molecule has 5 nitrogen and oxygen atoms in total. The fourth-order valence-electron chi connectivity index (χ4n) is 2.54. The molecular formula is C16H26N4O. The van der Waals surface area contributed by atoms with Crippen LogP contribution in [0.4, 0.5) is 0 Å². The largest absolute Gasteiger partial charge is 0.467 e. The van der Waals surface area contributed by atoms with Gasteiger partial charge in [-0.05, 0) is 31.6 Å². The number of aromatic nitrogens is 2. The maximum Gasteiger partial charge on any atom is 0.133 e. The summed E-state index contributed by atoms with van der Waals surface area (Å²) in [7, 11) is 2.01. The van der Waals surface area contributed by atoms with Crippen LogP contribution in [-0.2, 0) is 7.05 Å². The van der Waals surface area contributed by atoms with Gasteiger partial charge >= 0.3 is 0 Å². The lowest BCUT2D eigenvalue weighted by Crippen LogP contribution is -2.35. The first-order valence-electron chi connectivity index (χ1n) is 7.72. The lowest BCUT2D eigenvalue weighted by Gasteiger charge is -2.22. The number of imidazole rings is 1. The minimum Gasteiger partial charge on any atom is -0.467 e. The number of likely N-dealkylation sites (N-methyl/N-ethyl adjacent to an activating group) is 1. The fraction of sp³-hybridized carbons (Fsp3) is 0.562. The highest BCUT2D eigenvalue weighted by atomic mass is 16.3. The average molecular weight is 290 g/mol. The smallest absolute Gasteiger partial charge is 0.133 e. The molecule has 5 heteroatoms. The van der Waals surface area contributed by atoms with E-state index < -0.39 is 0 Å². The summed E-state index contributed by atoms with van der Waals surface area (Å²) in [5, 5.41) is 3.57. The Bertz CT molecular complexity index is 506. The van der Waals surface area contributed by atoms with Gasteiger partial charge in [0.1, 0.15) is 17.6 Å². The monoisotopic (exact) mass is 290 g/mol. The zero-order valence-electron chi connectivity index (χ0n) is 13.2. The Morgan fingerprint density at radius 1 is 1.38 bits per heavy atom. The van der Waals surface area contributed by atoms with Crippen LogP contribution >= 0.6 is 0 Å². The van der Waals surface area contributed by atoms with Crippen molar-refractivity contribution in [3.8, 4) is 0 Å². The Labute approximate surface area is 127 Å². The van der Waals surface area contributed by atoms with E-state index in [0.717, 1.165) is 37.8 Å². The summed E-state index contributed by atoms with van der Waals surface area (Å²) >= 11 is 0. The lowest BCUT2D eigenvalue weighted by atomic mass is 10.2. The number of nitrogens with one attached hydrogen (secondary N) is 1. The van der Waals surface area contributed by atoms with E-state index in [1.165, 1.54) is 6.42 Å². The molecule has 21 heavy (non-hydrogen) atoms. The third-order valence-corrected chi connectivity index (χ3v) is 3.71. The van der Waals surface area contributed by atoms with E-state index >= 15 is 0 Å². The number of rotatable bonds is 9. The van der Waals surface area contributed by atoms with Crippen LogP contribution in [0.2, 0.25) is 0 Å². The van der Waals surface area contributed by atoms with Gasteiger partial charge in [0, 0.05) is 32.5 Å². The molecule has 116 valence electrons. The van der Waals surface area contributed by atoms with Crippen LogP contribution in [0.1, 0.15) is 37.9 Å². The third kappa shape index (κ3) is 4.19. The van der Waals surface area contributed by atoms with Crippen LogP contribution in [0.25, 0.3) is 0 Å². The van der Waals surface area contributed by atoms with Gasteiger partial charge in [-0.3, -0.25) is 5.32 Å². The number of aryl methyl sites for hydroxylation is 1. The number of hydrogen-bond acceptors (Lipinski definition) is 4. The third-order valence-electron chi connectivity index (χ3n) is 3.71. The Morgan fingerprint density at radius 2 is 2.24 bits per heavy atom. The number of furan rings is 1. The Hall–Kier alpha value is -1.59. The minimum absolute atomic E-state index is 0.000308. The molecule has 2 aromatic rings. The summed E-state index contributed by atoms with van der Waals surface area (Å²) in [4.78, 5) is 6.90. The van der Waals surface area contributed by atoms with Gasteiger partial charge in [0.25, 0.3) is 0 Å². The van der Waals surface area contributed by atoms with Crippen molar-refractivity contribution in [3.05, 3.63) is 42.4 Å². The molecular weight excluding hydrogens is 264 g/mol. The lowest BCUT2D eigenvalue weighted by molar-refractivity contribution is 0.281. The Morgan fingerprint density at radius 3 is 2.81 bits per heavy atom. The van der Waals surface area contributed by atoms with Crippen molar-refractivity contribution < 1.29 is 4.42 Å². The molecule has 0 aliphatic rings. The number of hydrogen-bond donors (Lipinski definition) is 1. The van der Waals surface area contributed by atoms with E-state index in [9.17, 15) is 0 Å². The maximum atomic E-state index is 5.58. The van der Waals surface area contributed by atoms with E-state index in [-0.39, 0.29) is 6.04 Å². The zero-order chi connectivity index (χ0) is 15.1. The van der Waals surface area contributed by atoms with Gasteiger partial charge in [-0.25, -0.2) is 4.98 Å². The van der Waals surface area contributed by atoms with E-state index in [2.05, 4.69) is 29.0 Å². The first-order valence-corrected chi connectivity index (χ1v) is 7.72. The fourth-order valence-corrected chi connectivity index (χ4v) is 2.54. The second-order valence-electron chi connectivity index (χ2n) is 5.23. The first kappa shape index (κ1) is 15.8. The standard InChI is InChI=1S/C16H26N4O/c1-4-10-20(5-2)12-9-17-15(14-7-6-13-21-14)16-18-8-11-19(16)3/h6-8,11,13,15,17H,4-5,9-10,12H2,1-3H3. The van der Waals surface area contributed by atoms with Crippen LogP contribution in [0.3, 0.4) is 0 Å². The molecule has 0 amide bonds. The van der Waals surface area contributed by atoms with Crippen LogP contribution in [0, 0.1) is 0 Å². The quantitative estimate of drug-likeness (QED) is 0.770. The topological polar surface area (TPSA) is 46.2 Å². The second kappa shape index (κ2) is 8.00. The van der Waals surface area contributed by atoms with Gasteiger partial charge < -0.3 is 13.9 Å². The minimum atomic E-state index is 0.000308. The second-order valence-corrected chi connectivity index (χ2v) is 5.23. The predicted octanol–water partition coefficient (Wildman–Crippen LogP) is 2.42. The normalized spacial score (nSPS) is 13.0. The van der Waals surface area contributed by atoms with E-state index in [1.54, 1.807) is 6.26 Å². The molecule has 2 heterocycles. The van der Waals surface area contributed by atoms with E-state index in [0.29, 0.717) is 0 Å². The molecule has 1 unspecified atom stereocenters. The average Bonchev–Trinajstić information content (AvgIpc) is 3.14. The van der Waals surface area contributed by atoms with Crippen molar-refractivity contribution in [1.29, 1.82) is 0 Å². The van der Waals surface area contributed by atoms with Crippen molar-refractivity contribution in [1.82, 2.24) is 19.8 Å². The van der Waals surface area contributed by atoms with Gasteiger partial charge in [-0.15, -0.1) is 0 Å². The van der Waals surface area contributed by atoms with Crippen molar-refractivity contribution in [3.63, 3.8) is 0 Å². The summed E-state index contributed by atoms with van der Waals surface area (Å²) in [6.45, 7) is 8.60. The molecule has 0 bridgehead atoms. The molecule has 0 saturated heterocycles. The molecule has 0 aliphatic carbocycles. The molecule has 2 aromatic heterocycles. The molecule has 0 aromatic carbocycles. The summed E-state index contributed by atoms with van der Waals surface area (Å²) in [5.41, 5.74) is 0. The van der Waals surface area contributed by atoms with Crippen LogP contribution < -0.4 is 5.32 Å². The molecule has 1 N–H and O–H groups in total. The Balaban J connectivity index is 2.00. The first-order chi connectivity index (χ1) is 10.3. The van der Waals surface area contributed by atoms with Crippen LogP contribution in [0.5, 0.6) is 0 Å². The van der Waals surface area contributed by atoms with Crippen molar-refractivity contribution in [2.45, 2.75) is 26.3 Å². The molecule has 2 rings (SSSR count). The number of nitrogens with zero attached hydrogens (tertiary/aromatic N) is 3.